The summed E-state index contributed by atoms with van der Waals surface area (Å²) in [4.78, 5) is 29.5. The lowest BCUT2D eigenvalue weighted by Crippen LogP contribution is -2.35. The summed E-state index contributed by atoms with van der Waals surface area (Å²) < 4.78 is 5.82. The van der Waals surface area contributed by atoms with Gasteiger partial charge in [0.25, 0.3) is 11.7 Å². The van der Waals surface area contributed by atoms with Gasteiger partial charge in [0.05, 0.1) is 29.0 Å². The molecular formula is C23H30N4O4. The highest BCUT2D eigenvalue weighted by Crippen LogP contribution is 2.40. The van der Waals surface area contributed by atoms with Crippen LogP contribution in [0.2, 0.25) is 0 Å². The third kappa shape index (κ3) is 4.49. The number of Topliss-reactive ketones (excluding diaryl/α,β-unsaturated/α-hetero) is 1. The predicted octanol–water partition coefficient (Wildman–Crippen LogP) is 2.80. The van der Waals surface area contributed by atoms with E-state index in [1.807, 2.05) is 57.1 Å². The summed E-state index contributed by atoms with van der Waals surface area (Å²) in [6.07, 6.45) is -0.0217. The van der Waals surface area contributed by atoms with E-state index in [4.69, 9.17) is 4.74 Å². The molecule has 8 heteroatoms. The van der Waals surface area contributed by atoms with Gasteiger partial charge in [0, 0.05) is 18.8 Å². The number of amides is 1. The Morgan fingerprint density at radius 3 is 2.58 bits per heavy atom. The van der Waals surface area contributed by atoms with Crippen molar-refractivity contribution in [3.05, 3.63) is 52.4 Å². The number of ketones is 1. The van der Waals surface area contributed by atoms with Crippen molar-refractivity contribution < 1.29 is 19.4 Å². The Labute approximate surface area is 182 Å². The molecule has 1 fully saturated rings. The molecule has 166 valence electrons. The third-order valence-corrected chi connectivity index (χ3v) is 5.24. The van der Waals surface area contributed by atoms with Crippen LogP contribution in [-0.4, -0.2) is 70.1 Å². The molecule has 2 aromatic rings. The second-order valence-electron chi connectivity index (χ2n) is 8.34. The van der Waals surface area contributed by atoms with Crippen molar-refractivity contribution in [3.8, 4) is 5.75 Å². The molecule has 1 amide bonds. The van der Waals surface area contributed by atoms with Gasteiger partial charge in [0.15, 0.2) is 0 Å². The Hall–Kier alpha value is -3.13. The second kappa shape index (κ2) is 8.93. The minimum absolute atomic E-state index is 0.0217. The fraction of sp³-hybridized carbons (Fsp3) is 0.435. The van der Waals surface area contributed by atoms with Crippen molar-refractivity contribution in [2.75, 3.05) is 27.2 Å². The number of nitrogens with zero attached hydrogens (tertiary/aromatic N) is 3. The Morgan fingerprint density at radius 2 is 2.00 bits per heavy atom. The first kappa shape index (κ1) is 22.6. The van der Waals surface area contributed by atoms with E-state index in [1.165, 1.54) is 4.90 Å². The maximum atomic E-state index is 13.1. The Morgan fingerprint density at radius 1 is 1.29 bits per heavy atom. The molecule has 0 saturated carbocycles. The number of aliphatic hydroxyl groups excluding tert-OH is 1. The van der Waals surface area contributed by atoms with Gasteiger partial charge in [-0.3, -0.25) is 14.7 Å². The largest absolute Gasteiger partial charge is 0.507 e. The van der Waals surface area contributed by atoms with E-state index in [9.17, 15) is 14.7 Å². The van der Waals surface area contributed by atoms with E-state index < -0.39 is 17.7 Å². The molecule has 31 heavy (non-hydrogen) atoms. The van der Waals surface area contributed by atoms with Crippen LogP contribution in [-0.2, 0) is 9.59 Å². The second-order valence-corrected chi connectivity index (χ2v) is 8.34. The number of likely N-dealkylation sites (tertiary alicyclic amines) is 1. The van der Waals surface area contributed by atoms with Crippen LogP contribution in [0.1, 0.15) is 42.4 Å². The highest BCUT2D eigenvalue weighted by molar-refractivity contribution is 6.46. The standard InChI is InChI=1S/C23H30N4O4/c1-13(2)31-17-9-7-8-16(12-17)20-19(21(28)18-14(3)24-25-15(18)4)22(29)23(30)27(20)11-10-26(5)6/h7-9,12-13,20,28H,10-11H2,1-6H3,(H,24,25)/b21-19+. The van der Waals surface area contributed by atoms with Crippen molar-refractivity contribution >= 4 is 17.4 Å². The van der Waals surface area contributed by atoms with Gasteiger partial charge in [0.2, 0.25) is 0 Å². The lowest BCUT2D eigenvalue weighted by atomic mass is 9.94. The van der Waals surface area contributed by atoms with E-state index in [0.29, 0.717) is 41.4 Å². The Kier molecular flexibility index (Phi) is 6.50. The maximum Gasteiger partial charge on any atom is 0.295 e. The molecule has 2 heterocycles. The van der Waals surface area contributed by atoms with Crippen LogP contribution in [0.4, 0.5) is 0 Å². The summed E-state index contributed by atoms with van der Waals surface area (Å²) in [5.41, 5.74) is 2.41. The SMILES string of the molecule is Cc1n[nH]c(C)c1/C(O)=C1\C(=O)C(=O)N(CCN(C)C)C1c1cccc(OC(C)C)c1. The van der Waals surface area contributed by atoms with Crippen LogP contribution in [0.15, 0.2) is 29.8 Å². The van der Waals surface area contributed by atoms with Crippen molar-refractivity contribution in [3.63, 3.8) is 0 Å². The van der Waals surface area contributed by atoms with Crippen LogP contribution >= 0.6 is 0 Å². The number of hydrogen-bond acceptors (Lipinski definition) is 6. The lowest BCUT2D eigenvalue weighted by Gasteiger charge is -2.27. The first-order valence-electron chi connectivity index (χ1n) is 10.3. The monoisotopic (exact) mass is 426 g/mol. The number of aliphatic hydroxyl groups is 1. The quantitative estimate of drug-likeness (QED) is 0.401. The Bertz CT molecular complexity index is 1000. The van der Waals surface area contributed by atoms with E-state index in [-0.39, 0.29) is 17.4 Å². The van der Waals surface area contributed by atoms with Crippen LogP contribution in [0, 0.1) is 13.8 Å². The van der Waals surface area contributed by atoms with Crippen molar-refractivity contribution in [2.45, 2.75) is 39.8 Å². The average Bonchev–Trinajstić information content (AvgIpc) is 3.15. The first-order valence-corrected chi connectivity index (χ1v) is 10.3. The number of rotatable bonds is 7. The molecule has 3 rings (SSSR count). The predicted molar refractivity (Wildman–Crippen MR) is 118 cm³/mol. The van der Waals surface area contributed by atoms with Crippen LogP contribution in [0.3, 0.4) is 0 Å². The minimum atomic E-state index is -0.718. The molecule has 1 unspecified atom stereocenters. The molecule has 1 aliphatic rings. The molecule has 1 aliphatic heterocycles. The maximum absolute atomic E-state index is 13.1. The molecule has 0 bridgehead atoms. The molecule has 1 saturated heterocycles. The fourth-order valence-corrected chi connectivity index (χ4v) is 3.83. The molecule has 1 aromatic heterocycles. The molecule has 1 aromatic carbocycles. The number of hydrogen-bond donors (Lipinski definition) is 2. The summed E-state index contributed by atoms with van der Waals surface area (Å²) in [7, 11) is 3.81. The average molecular weight is 427 g/mol. The van der Waals surface area contributed by atoms with Gasteiger partial charge >= 0.3 is 0 Å². The molecule has 8 nitrogen and oxygen atoms in total. The fourth-order valence-electron chi connectivity index (χ4n) is 3.83. The van der Waals surface area contributed by atoms with Crippen LogP contribution < -0.4 is 4.74 Å². The summed E-state index contributed by atoms with van der Waals surface area (Å²) in [6.45, 7) is 8.30. The van der Waals surface area contributed by atoms with E-state index in [2.05, 4.69) is 10.2 Å². The molecule has 2 N–H and O–H groups in total. The van der Waals surface area contributed by atoms with Crippen LogP contribution in [0.5, 0.6) is 5.75 Å². The number of H-pyrrole nitrogens is 1. The normalized spacial score (nSPS) is 18.5. The number of likely N-dealkylation sites (N-methyl/N-ethyl adjacent to an activating group) is 1. The number of carbonyl (C=O) groups excluding carboxylic acids is 2. The van der Waals surface area contributed by atoms with Gasteiger partial charge < -0.3 is 19.6 Å². The lowest BCUT2D eigenvalue weighted by molar-refractivity contribution is -0.140. The van der Waals surface area contributed by atoms with Gasteiger partial charge in [-0.1, -0.05) is 12.1 Å². The summed E-state index contributed by atoms with van der Waals surface area (Å²) >= 11 is 0. The molecular weight excluding hydrogens is 396 g/mol. The number of ether oxygens (including phenoxy) is 1. The third-order valence-electron chi connectivity index (χ3n) is 5.24. The highest BCUT2D eigenvalue weighted by Gasteiger charge is 2.46. The van der Waals surface area contributed by atoms with E-state index >= 15 is 0 Å². The van der Waals surface area contributed by atoms with E-state index in [0.717, 1.165) is 0 Å². The van der Waals surface area contributed by atoms with Gasteiger partial charge in [0.1, 0.15) is 11.5 Å². The zero-order chi connectivity index (χ0) is 22.9. The smallest absolute Gasteiger partial charge is 0.295 e. The number of aryl methyl sites for hydroxylation is 2. The van der Waals surface area contributed by atoms with Gasteiger partial charge in [-0.2, -0.15) is 5.10 Å². The minimum Gasteiger partial charge on any atom is -0.507 e. The number of benzene rings is 1. The topological polar surface area (TPSA) is 98.8 Å². The van der Waals surface area contributed by atoms with E-state index in [1.54, 1.807) is 13.8 Å². The van der Waals surface area contributed by atoms with Crippen molar-refractivity contribution in [2.24, 2.45) is 0 Å². The number of nitrogens with one attached hydrogen (secondary N) is 1. The van der Waals surface area contributed by atoms with Gasteiger partial charge in [-0.15, -0.1) is 0 Å². The number of aromatic nitrogens is 2. The zero-order valence-corrected chi connectivity index (χ0v) is 18.9. The van der Waals surface area contributed by atoms with Crippen LogP contribution in [0.25, 0.3) is 5.76 Å². The Balaban J connectivity index is 2.17. The van der Waals surface area contributed by atoms with Gasteiger partial charge in [-0.25, -0.2) is 0 Å². The molecule has 0 radical (unpaired) electrons. The number of aromatic amines is 1. The zero-order valence-electron chi connectivity index (χ0n) is 18.9. The van der Waals surface area contributed by atoms with Crippen molar-refractivity contribution in [1.29, 1.82) is 0 Å². The van der Waals surface area contributed by atoms with Crippen molar-refractivity contribution in [1.82, 2.24) is 20.0 Å². The van der Waals surface area contributed by atoms with Gasteiger partial charge in [-0.05, 0) is 59.5 Å². The molecule has 0 spiro atoms. The summed E-state index contributed by atoms with van der Waals surface area (Å²) in [5.74, 6) is -0.894. The summed E-state index contributed by atoms with van der Waals surface area (Å²) in [5, 5.41) is 18.1. The summed E-state index contributed by atoms with van der Waals surface area (Å²) in [6, 6.07) is 6.60. The molecule has 0 aliphatic carbocycles. The highest BCUT2D eigenvalue weighted by atomic mass is 16.5. The number of carbonyl (C=O) groups is 2. The molecule has 1 atom stereocenters. The first-order chi connectivity index (χ1) is 14.6.